The number of hydrogen-bond donors (Lipinski definition) is 1. The molecule has 0 bridgehead atoms. The third-order valence-corrected chi connectivity index (χ3v) is 6.35. The summed E-state index contributed by atoms with van der Waals surface area (Å²) in [5.41, 5.74) is 2.35. The van der Waals surface area contributed by atoms with E-state index in [0.29, 0.717) is 60.4 Å². The lowest BCUT2D eigenvalue weighted by Gasteiger charge is -2.25. The van der Waals surface area contributed by atoms with Crippen LogP contribution in [0, 0.1) is 12.8 Å². The maximum atomic E-state index is 13.3. The number of fused-ring (bicyclic) bond motifs is 1. The molecular weight excluding hydrogens is 458 g/mol. The summed E-state index contributed by atoms with van der Waals surface area (Å²) in [6.45, 7) is 7.36. The Labute approximate surface area is 211 Å². The monoisotopic (exact) mass is 491 g/mol. The summed E-state index contributed by atoms with van der Waals surface area (Å²) in [5.74, 6) is -0.437. The molecule has 1 saturated heterocycles. The molecule has 8 nitrogen and oxygen atoms in total. The molecule has 8 heteroatoms. The number of nitrogens with zero attached hydrogens (tertiary/aromatic N) is 3. The van der Waals surface area contributed by atoms with Crippen LogP contribution in [-0.4, -0.2) is 57.9 Å². The van der Waals surface area contributed by atoms with E-state index in [9.17, 15) is 14.7 Å². The first-order valence-electron chi connectivity index (χ1n) is 12.3. The molecule has 1 aromatic carbocycles. The van der Waals surface area contributed by atoms with Gasteiger partial charge in [-0.25, -0.2) is 4.98 Å². The van der Waals surface area contributed by atoms with Crippen LogP contribution in [0.5, 0.6) is 5.75 Å². The predicted octanol–water partition coefficient (Wildman–Crippen LogP) is 4.53. The lowest BCUT2D eigenvalue weighted by Crippen LogP contribution is -2.31. The average molecular weight is 492 g/mol. The lowest BCUT2D eigenvalue weighted by atomic mass is 9.96. The smallest absolute Gasteiger partial charge is 0.295 e. The molecular formula is C28H33N3O5. The number of rotatable bonds is 10. The lowest BCUT2D eigenvalue weighted by molar-refractivity contribution is -0.140. The van der Waals surface area contributed by atoms with Crippen molar-refractivity contribution in [3.05, 3.63) is 71.2 Å². The van der Waals surface area contributed by atoms with Crippen molar-refractivity contribution in [3.8, 4) is 5.75 Å². The second-order valence-electron chi connectivity index (χ2n) is 9.42. The van der Waals surface area contributed by atoms with Crippen molar-refractivity contribution in [1.82, 2.24) is 14.3 Å². The zero-order valence-electron chi connectivity index (χ0n) is 21.2. The number of amides is 1. The molecule has 0 spiro atoms. The molecule has 3 heterocycles. The summed E-state index contributed by atoms with van der Waals surface area (Å²) >= 11 is 0. The van der Waals surface area contributed by atoms with E-state index in [1.807, 2.05) is 42.5 Å². The summed E-state index contributed by atoms with van der Waals surface area (Å²) in [4.78, 5) is 32.6. The van der Waals surface area contributed by atoms with Crippen LogP contribution in [0.15, 0.2) is 54.2 Å². The van der Waals surface area contributed by atoms with Crippen molar-refractivity contribution in [2.24, 2.45) is 5.92 Å². The normalized spacial score (nSPS) is 17.5. The fourth-order valence-electron chi connectivity index (χ4n) is 4.55. The third-order valence-electron chi connectivity index (χ3n) is 6.35. The summed E-state index contributed by atoms with van der Waals surface area (Å²) in [5, 5.41) is 11.5. The van der Waals surface area contributed by atoms with Crippen LogP contribution in [0.1, 0.15) is 49.7 Å². The fraction of sp³-hybridized carbons (Fsp3) is 0.393. The van der Waals surface area contributed by atoms with Crippen molar-refractivity contribution in [2.45, 2.75) is 39.7 Å². The highest BCUT2D eigenvalue weighted by Crippen LogP contribution is 2.40. The molecule has 1 aliphatic rings. The molecule has 190 valence electrons. The molecule has 3 aromatic rings. The number of aromatic nitrogens is 2. The minimum atomic E-state index is -0.760. The van der Waals surface area contributed by atoms with Gasteiger partial charge in [-0.1, -0.05) is 32.0 Å². The number of hydrogen-bond acceptors (Lipinski definition) is 6. The maximum absolute atomic E-state index is 13.3. The van der Waals surface area contributed by atoms with Crippen LogP contribution in [0.25, 0.3) is 11.4 Å². The Morgan fingerprint density at radius 3 is 2.69 bits per heavy atom. The van der Waals surface area contributed by atoms with Gasteiger partial charge in [0.2, 0.25) is 0 Å². The highest BCUT2D eigenvalue weighted by molar-refractivity contribution is 6.46. The number of likely N-dealkylation sites (tertiary alicyclic amines) is 1. The summed E-state index contributed by atoms with van der Waals surface area (Å²) in [6.07, 6.45) is 3.24. The molecule has 1 N–H and O–H groups in total. The molecule has 1 aliphatic heterocycles. The number of pyridine rings is 1. The van der Waals surface area contributed by atoms with Crippen LogP contribution >= 0.6 is 0 Å². The number of aryl methyl sites for hydroxylation is 1. The second kappa shape index (κ2) is 11.0. The zero-order valence-corrected chi connectivity index (χ0v) is 21.2. The minimum absolute atomic E-state index is 0.0468. The van der Waals surface area contributed by atoms with Crippen LogP contribution in [-0.2, 0) is 14.3 Å². The van der Waals surface area contributed by atoms with E-state index in [-0.39, 0.29) is 11.3 Å². The predicted molar refractivity (Wildman–Crippen MR) is 137 cm³/mol. The van der Waals surface area contributed by atoms with E-state index in [1.165, 1.54) is 4.90 Å². The van der Waals surface area contributed by atoms with Crippen molar-refractivity contribution in [2.75, 3.05) is 26.9 Å². The number of methoxy groups -OCH3 is 1. The van der Waals surface area contributed by atoms with Gasteiger partial charge in [0.05, 0.1) is 23.9 Å². The van der Waals surface area contributed by atoms with Gasteiger partial charge in [0.1, 0.15) is 17.1 Å². The van der Waals surface area contributed by atoms with Crippen molar-refractivity contribution < 1.29 is 24.2 Å². The molecule has 36 heavy (non-hydrogen) atoms. The van der Waals surface area contributed by atoms with Crippen LogP contribution < -0.4 is 4.74 Å². The van der Waals surface area contributed by atoms with Crippen LogP contribution in [0.3, 0.4) is 0 Å². The Balaban J connectivity index is 1.82. The number of ether oxygens (including phenoxy) is 2. The van der Waals surface area contributed by atoms with Gasteiger partial charge in [0.15, 0.2) is 5.76 Å². The van der Waals surface area contributed by atoms with Gasteiger partial charge >= 0.3 is 0 Å². The molecule has 1 unspecified atom stereocenters. The number of carbonyl (C=O) groups excluding carboxylic acids is 2. The first kappa shape index (κ1) is 25.4. The van der Waals surface area contributed by atoms with Gasteiger partial charge in [0.25, 0.3) is 11.7 Å². The average Bonchev–Trinajstić information content (AvgIpc) is 3.32. The quantitative estimate of drug-likeness (QED) is 0.194. The molecule has 1 amide bonds. The highest BCUT2D eigenvalue weighted by Gasteiger charge is 2.46. The Kier molecular flexibility index (Phi) is 7.74. The maximum Gasteiger partial charge on any atom is 0.295 e. The van der Waals surface area contributed by atoms with Gasteiger partial charge in [0, 0.05) is 26.5 Å². The SMILES string of the molecule is COCCCN1C(=O)C(=O)C(=C(O)c2c(C)nc3ccccn23)C1c1cccc(OCCC(C)C)c1. The minimum Gasteiger partial charge on any atom is -0.505 e. The Morgan fingerprint density at radius 1 is 1.14 bits per heavy atom. The van der Waals surface area contributed by atoms with Crippen LogP contribution in [0.4, 0.5) is 0 Å². The number of benzene rings is 1. The fourth-order valence-corrected chi connectivity index (χ4v) is 4.55. The molecule has 0 radical (unpaired) electrons. The molecule has 1 atom stereocenters. The first-order valence-corrected chi connectivity index (χ1v) is 12.3. The van der Waals surface area contributed by atoms with E-state index >= 15 is 0 Å². The molecule has 0 saturated carbocycles. The largest absolute Gasteiger partial charge is 0.505 e. The number of ketones is 1. The third kappa shape index (κ3) is 4.99. The molecule has 2 aromatic heterocycles. The number of aliphatic hydroxyl groups is 1. The van der Waals surface area contributed by atoms with Gasteiger partial charge < -0.3 is 19.5 Å². The van der Waals surface area contributed by atoms with Crippen molar-refractivity contribution >= 4 is 23.1 Å². The number of Topliss-reactive ketones (excluding diaryl/α,β-unsaturated/α-hetero) is 1. The van der Waals surface area contributed by atoms with E-state index in [4.69, 9.17) is 9.47 Å². The topological polar surface area (TPSA) is 93.4 Å². The number of aliphatic hydroxyl groups excluding tert-OH is 1. The van der Waals surface area contributed by atoms with E-state index in [0.717, 1.165) is 6.42 Å². The van der Waals surface area contributed by atoms with Crippen molar-refractivity contribution in [3.63, 3.8) is 0 Å². The van der Waals surface area contributed by atoms with Crippen molar-refractivity contribution in [1.29, 1.82) is 0 Å². The van der Waals surface area contributed by atoms with E-state index in [2.05, 4.69) is 18.8 Å². The zero-order chi connectivity index (χ0) is 25.8. The molecule has 4 rings (SSSR count). The summed E-state index contributed by atoms with van der Waals surface area (Å²) < 4.78 is 12.8. The number of imidazole rings is 1. The standard InChI is InChI=1S/C28H33N3O5/c1-18(2)12-16-36-21-10-7-9-20(17-21)25-23(27(33)28(34)31(25)14-8-15-35-4)26(32)24-19(3)29-22-11-5-6-13-30(22)24/h5-7,9-11,13,17-18,25,32H,8,12,14-16H2,1-4H3. The van der Waals surface area contributed by atoms with E-state index in [1.54, 1.807) is 24.6 Å². The summed E-state index contributed by atoms with van der Waals surface area (Å²) in [6, 6.07) is 12.1. The second-order valence-corrected chi connectivity index (χ2v) is 9.42. The highest BCUT2D eigenvalue weighted by atomic mass is 16.5. The summed E-state index contributed by atoms with van der Waals surface area (Å²) in [7, 11) is 1.59. The first-order chi connectivity index (χ1) is 17.3. The Bertz CT molecular complexity index is 1290. The van der Waals surface area contributed by atoms with E-state index < -0.39 is 17.7 Å². The molecule has 1 fully saturated rings. The van der Waals surface area contributed by atoms with Gasteiger partial charge in [-0.3, -0.25) is 14.0 Å². The Morgan fingerprint density at radius 2 is 1.94 bits per heavy atom. The molecule has 0 aliphatic carbocycles. The van der Waals surface area contributed by atoms with Gasteiger partial charge in [-0.2, -0.15) is 0 Å². The Hall–Kier alpha value is -3.65. The van der Waals surface area contributed by atoms with Gasteiger partial charge in [-0.15, -0.1) is 0 Å². The van der Waals surface area contributed by atoms with Gasteiger partial charge in [-0.05, 0) is 55.5 Å². The van der Waals surface area contributed by atoms with Crippen LogP contribution in [0.2, 0.25) is 0 Å². The number of carbonyl (C=O) groups is 2.